The van der Waals surface area contributed by atoms with Crippen molar-refractivity contribution in [3.8, 4) is 22.9 Å². The highest BCUT2D eigenvalue weighted by molar-refractivity contribution is 7.26. The molecule has 1 aliphatic rings. The van der Waals surface area contributed by atoms with E-state index in [1.807, 2.05) is 0 Å². The zero-order valence-corrected chi connectivity index (χ0v) is 30.7. The molecule has 0 aliphatic carbocycles. The second-order valence-electron chi connectivity index (χ2n) is 14.7. The minimum atomic E-state index is -0.179. The van der Waals surface area contributed by atoms with Crippen molar-refractivity contribution in [1.29, 1.82) is 0 Å². The lowest BCUT2D eigenvalue weighted by molar-refractivity contribution is 0.413. The summed E-state index contributed by atoms with van der Waals surface area (Å²) < 4.78 is 11.7. The van der Waals surface area contributed by atoms with Crippen LogP contribution in [-0.4, -0.2) is 16.2 Å². The number of benzene rings is 6. The quantitative estimate of drug-likeness (QED) is 0.181. The predicted octanol–water partition coefficient (Wildman–Crippen LogP) is 12.8. The Morgan fingerprint density at radius 1 is 0.686 bits per heavy atom. The highest BCUT2D eigenvalue weighted by atomic mass is 32.1. The van der Waals surface area contributed by atoms with Gasteiger partial charge in [0.15, 0.2) is 0 Å². The molecule has 3 heterocycles. The van der Waals surface area contributed by atoms with E-state index in [-0.39, 0.29) is 5.54 Å². The summed E-state index contributed by atoms with van der Waals surface area (Å²) in [4.78, 5) is 10.0. The molecule has 0 amide bonds. The van der Waals surface area contributed by atoms with Crippen molar-refractivity contribution in [2.75, 3.05) is 16.5 Å². The summed E-state index contributed by atoms with van der Waals surface area (Å²) in [6.07, 6.45) is 0. The molecule has 6 aromatic carbocycles. The molecular weight excluding hydrogens is 645 g/mol. The third-order valence-corrected chi connectivity index (χ3v) is 11.1. The molecule has 0 saturated carbocycles. The first kappa shape index (κ1) is 31.4. The molecule has 51 heavy (non-hydrogen) atoms. The van der Waals surface area contributed by atoms with Crippen LogP contribution in [0.1, 0.15) is 37.5 Å². The molecule has 0 unspecified atom stereocenters. The molecule has 6 heteroatoms. The molecule has 2 aromatic heterocycles. The number of para-hydroxylation sites is 4. The Kier molecular flexibility index (Phi) is 7.23. The van der Waals surface area contributed by atoms with Crippen LogP contribution < -0.4 is 14.5 Å². The number of aromatic nitrogens is 2. The van der Waals surface area contributed by atoms with Gasteiger partial charge in [-0.05, 0) is 107 Å². The number of imidazole rings is 1. The molecule has 0 saturated heterocycles. The molecule has 5 nitrogen and oxygen atoms in total. The van der Waals surface area contributed by atoms with E-state index in [1.54, 1.807) is 11.3 Å². The molecule has 252 valence electrons. The lowest BCUT2D eigenvalue weighted by Crippen LogP contribution is -2.25. The van der Waals surface area contributed by atoms with Gasteiger partial charge in [-0.2, -0.15) is 0 Å². The van der Waals surface area contributed by atoms with Crippen LogP contribution in [0.3, 0.4) is 0 Å². The fourth-order valence-electron chi connectivity index (χ4n) is 7.97. The molecule has 1 aliphatic heterocycles. The van der Waals surface area contributed by atoms with E-state index in [9.17, 15) is 0 Å². The van der Waals surface area contributed by atoms with E-state index in [0.717, 1.165) is 44.3 Å². The van der Waals surface area contributed by atoms with Crippen molar-refractivity contribution in [2.45, 2.75) is 47.1 Å². The number of anilines is 4. The average molecular weight is 685 g/mol. The Balaban J connectivity index is 1.16. The lowest BCUT2D eigenvalue weighted by atomic mass is 10.0. The smallest absolute Gasteiger partial charge is 0.145 e. The number of aryl methyl sites for hydroxylation is 3. The largest absolute Gasteiger partial charge is 0.456 e. The van der Waals surface area contributed by atoms with E-state index in [2.05, 4.69) is 177 Å². The maximum Gasteiger partial charge on any atom is 0.145 e. The van der Waals surface area contributed by atoms with Crippen LogP contribution >= 0.6 is 11.3 Å². The maximum absolute atomic E-state index is 6.97. The van der Waals surface area contributed by atoms with Crippen molar-refractivity contribution in [3.63, 3.8) is 0 Å². The Labute approximate surface area is 303 Å². The molecule has 9 rings (SSSR count). The molecule has 8 aromatic rings. The summed E-state index contributed by atoms with van der Waals surface area (Å²) in [5.74, 6) is 2.57. The third kappa shape index (κ3) is 5.24. The minimum absolute atomic E-state index is 0.179. The number of fused-ring (bicyclic) bond motifs is 5. The summed E-state index contributed by atoms with van der Waals surface area (Å²) in [7, 11) is 0. The monoisotopic (exact) mass is 684 g/mol. The van der Waals surface area contributed by atoms with Crippen molar-refractivity contribution < 1.29 is 4.74 Å². The van der Waals surface area contributed by atoms with Gasteiger partial charge in [0.25, 0.3) is 0 Å². The van der Waals surface area contributed by atoms with Gasteiger partial charge in [-0.1, -0.05) is 66.2 Å². The Morgan fingerprint density at radius 2 is 1.39 bits per heavy atom. The molecular formula is C45H40N4OS. The lowest BCUT2D eigenvalue weighted by Gasteiger charge is -2.26. The number of rotatable bonds is 5. The van der Waals surface area contributed by atoms with Crippen LogP contribution in [0.25, 0.3) is 42.6 Å². The maximum atomic E-state index is 6.97. The van der Waals surface area contributed by atoms with Crippen LogP contribution in [0, 0.1) is 20.8 Å². The molecule has 0 fully saturated rings. The Morgan fingerprint density at radius 3 is 2.18 bits per heavy atom. The van der Waals surface area contributed by atoms with Crippen molar-refractivity contribution >= 4 is 65.3 Å². The highest BCUT2D eigenvalue weighted by Gasteiger charge is 2.30. The normalized spacial score (nSPS) is 13.1. The van der Waals surface area contributed by atoms with Gasteiger partial charge in [0.05, 0.1) is 27.1 Å². The second-order valence-corrected chi connectivity index (χ2v) is 15.8. The molecule has 0 bridgehead atoms. The van der Waals surface area contributed by atoms with Gasteiger partial charge < -0.3 is 19.1 Å². The van der Waals surface area contributed by atoms with Gasteiger partial charge in [-0.25, -0.2) is 4.98 Å². The molecule has 0 radical (unpaired) electrons. The van der Waals surface area contributed by atoms with Crippen LogP contribution in [0.4, 0.5) is 22.7 Å². The minimum Gasteiger partial charge on any atom is -0.456 e. The standard InChI is InChI=1S/C45H40N4OS/c1-28-22-29(2)42(30(3)23-28)48-27-47(38-19-10-11-20-39(38)48)32-14-13-15-33(26-32)50-40-25-31(24-35-34-16-7-12-21-41(34)51-43(35)40)44-46-36-17-8-9-18-37(36)49(44)45(4,5)6/h7-26H,27H2,1-6H3. The van der Waals surface area contributed by atoms with Crippen LogP contribution in [0.15, 0.2) is 121 Å². The van der Waals surface area contributed by atoms with Crippen LogP contribution in [-0.2, 0) is 5.54 Å². The average Bonchev–Trinajstić information content (AvgIpc) is 3.80. The SMILES string of the molecule is Cc1cc(C)c(N2CN(c3cccc(Oc4cc(-c5nc6ccccc6n5C(C)(C)C)cc5c4sc4ccccc45)c3)c3ccccc32)c(C)c1. The van der Waals surface area contributed by atoms with Crippen LogP contribution in [0.5, 0.6) is 11.5 Å². The second kappa shape index (κ2) is 11.7. The van der Waals surface area contributed by atoms with Gasteiger partial charge in [-0.3, -0.25) is 0 Å². The molecule has 0 atom stereocenters. The zero-order valence-electron chi connectivity index (χ0n) is 29.9. The van der Waals surface area contributed by atoms with Crippen molar-refractivity contribution in [2.24, 2.45) is 0 Å². The van der Waals surface area contributed by atoms with Gasteiger partial charge in [0.1, 0.15) is 24.0 Å². The Bertz CT molecular complexity index is 2620. The van der Waals surface area contributed by atoms with Gasteiger partial charge in [0, 0.05) is 44.0 Å². The number of hydrogen-bond donors (Lipinski definition) is 0. The first-order chi connectivity index (χ1) is 24.6. The highest BCUT2D eigenvalue weighted by Crippen LogP contribution is 2.48. The molecule has 0 N–H and O–H groups in total. The number of thiophene rings is 1. The topological polar surface area (TPSA) is 33.5 Å². The van der Waals surface area contributed by atoms with E-state index < -0.39 is 0 Å². The third-order valence-electron chi connectivity index (χ3n) is 9.94. The Hall–Kier alpha value is -5.59. The van der Waals surface area contributed by atoms with Crippen molar-refractivity contribution in [1.82, 2.24) is 9.55 Å². The number of ether oxygens (including phenoxy) is 1. The van der Waals surface area contributed by atoms with E-state index in [0.29, 0.717) is 6.67 Å². The van der Waals surface area contributed by atoms with Crippen molar-refractivity contribution in [3.05, 3.63) is 138 Å². The fraction of sp³-hybridized carbons (Fsp3) is 0.178. The summed E-state index contributed by atoms with van der Waals surface area (Å²) in [5.41, 5.74) is 11.6. The molecule has 0 spiro atoms. The van der Waals surface area contributed by atoms with Crippen LogP contribution in [0.2, 0.25) is 0 Å². The first-order valence-electron chi connectivity index (χ1n) is 17.6. The zero-order chi connectivity index (χ0) is 35.0. The van der Waals surface area contributed by atoms with Gasteiger partial charge >= 0.3 is 0 Å². The van der Waals surface area contributed by atoms with E-state index >= 15 is 0 Å². The van der Waals surface area contributed by atoms with E-state index in [4.69, 9.17) is 9.72 Å². The fourth-order valence-corrected chi connectivity index (χ4v) is 9.10. The number of hydrogen-bond acceptors (Lipinski definition) is 5. The van der Waals surface area contributed by atoms with E-state index in [1.165, 1.54) is 49.2 Å². The predicted molar refractivity (Wildman–Crippen MR) is 216 cm³/mol. The summed E-state index contributed by atoms with van der Waals surface area (Å²) in [6, 6.07) is 43.3. The first-order valence-corrected chi connectivity index (χ1v) is 18.4. The van der Waals surface area contributed by atoms with Gasteiger partial charge in [0.2, 0.25) is 0 Å². The summed E-state index contributed by atoms with van der Waals surface area (Å²) in [5, 5.41) is 2.41. The van der Waals surface area contributed by atoms with Gasteiger partial charge in [-0.15, -0.1) is 11.3 Å². The number of nitrogens with zero attached hydrogens (tertiary/aromatic N) is 4. The summed E-state index contributed by atoms with van der Waals surface area (Å²) in [6.45, 7) is 14.0. The summed E-state index contributed by atoms with van der Waals surface area (Å²) >= 11 is 1.78.